The van der Waals surface area contributed by atoms with Gasteiger partial charge in [0.05, 0.1) is 12.2 Å². The summed E-state index contributed by atoms with van der Waals surface area (Å²) in [6.45, 7) is 7.63. The monoisotopic (exact) mass is 333 g/mol. The van der Waals surface area contributed by atoms with Gasteiger partial charge in [-0.15, -0.1) is 0 Å². The van der Waals surface area contributed by atoms with E-state index < -0.39 is 0 Å². The van der Waals surface area contributed by atoms with E-state index in [4.69, 9.17) is 4.74 Å². The Balaban J connectivity index is 2.30. The molecule has 7 nitrogen and oxygen atoms in total. The number of hydrogen-bond acceptors (Lipinski definition) is 4. The van der Waals surface area contributed by atoms with Crippen LogP contribution in [0, 0.1) is 0 Å². The minimum atomic E-state index is -0.248. The van der Waals surface area contributed by atoms with Crippen molar-refractivity contribution >= 4 is 29.1 Å². The van der Waals surface area contributed by atoms with Crippen LogP contribution in [0.1, 0.15) is 38.1 Å². The van der Waals surface area contributed by atoms with E-state index in [-0.39, 0.29) is 29.9 Å². The van der Waals surface area contributed by atoms with Gasteiger partial charge in [-0.25, -0.2) is 0 Å². The van der Waals surface area contributed by atoms with Crippen LogP contribution in [0.4, 0.5) is 11.4 Å². The molecule has 0 aliphatic carbocycles. The van der Waals surface area contributed by atoms with Crippen LogP contribution in [-0.2, 0) is 14.3 Å². The second-order valence-electron chi connectivity index (χ2n) is 6.13. The van der Waals surface area contributed by atoms with Crippen molar-refractivity contribution in [2.45, 2.75) is 39.9 Å². The lowest BCUT2D eigenvalue weighted by molar-refractivity contribution is -0.115. The van der Waals surface area contributed by atoms with Crippen molar-refractivity contribution in [3.8, 4) is 0 Å². The number of hydrogen-bond donors (Lipinski definition) is 2. The van der Waals surface area contributed by atoms with Gasteiger partial charge in [0.25, 0.3) is 5.91 Å². The summed E-state index contributed by atoms with van der Waals surface area (Å²) in [6.07, 6.45) is -0.0721. The van der Waals surface area contributed by atoms with E-state index in [1.807, 2.05) is 13.8 Å². The first-order valence-corrected chi connectivity index (χ1v) is 7.89. The molecule has 1 aromatic rings. The first-order chi connectivity index (χ1) is 11.2. The van der Waals surface area contributed by atoms with E-state index in [2.05, 4.69) is 10.6 Å². The van der Waals surface area contributed by atoms with Crippen molar-refractivity contribution in [2.24, 2.45) is 0 Å². The topological polar surface area (TPSA) is 87.7 Å². The molecule has 1 aromatic carbocycles. The molecule has 0 aromatic heterocycles. The molecule has 2 rings (SSSR count). The van der Waals surface area contributed by atoms with E-state index in [9.17, 15) is 14.4 Å². The summed E-state index contributed by atoms with van der Waals surface area (Å²) in [5.41, 5.74) is 1.34. The summed E-state index contributed by atoms with van der Waals surface area (Å²) in [7, 11) is 0. The zero-order chi connectivity index (χ0) is 17.9. The van der Waals surface area contributed by atoms with Gasteiger partial charge in [0.2, 0.25) is 11.8 Å². The molecular weight excluding hydrogens is 310 g/mol. The van der Waals surface area contributed by atoms with Gasteiger partial charge >= 0.3 is 0 Å². The number of benzene rings is 1. The molecule has 1 saturated heterocycles. The minimum Gasteiger partial charge on any atom is -0.372 e. The average molecular weight is 333 g/mol. The number of amides is 3. The third-order valence-electron chi connectivity index (χ3n) is 3.53. The highest BCUT2D eigenvalue weighted by Gasteiger charge is 2.27. The van der Waals surface area contributed by atoms with Gasteiger partial charge in [0.1, 0.15) is 0 Å². The average Bonchev–Trinajstić information content (AvgIpc) is 2.43. The van der Waals surface area contributed by atoms with Crippen LogP contribution in [0.5, 0.6) is 0 Å². The SMILES string of the molecule is CC(=O)Nc1cc(NC(C)=O)cc(C(=O)N2CC(C)OC(C)C2)c1. The van der Waals surface area contributed by atoms with Gasteiger partial charge in [-0.2, -0.15) is 0 Å². The fourth-order valence-corrected chi connectivity index (χ4v) is 2.83. The molecular formula is C17H23N3O4. The Morgan fingerprint density at radius 3 is 1.83 bits per heavy atom. The molecule has 0 spiro atoms. The van der Waals surface area contributed by atoms with Crippen LogP contribution in [0.15, 0.2) is 18.2 Å². The molecule has 2 N–H and O–H groups in total. The van der Waals surface area contributed by atoms with Crippen LogP contribution >= 0.6 is 0 Å². The summed E-state index contributed by atoms with van der Waals surface area (Å²) in [5, 5.41) is 5.30. The number of morpholine rings is 1. The van der Waals surface area contributed by atoms with Gasteiger partial charge in [-0.3, -0.25) is 14.4 Å². The largest absolute Gasteiger partial charge is 0.372 e. The number of ether oxygens (including phenoxy) is 1. The number of carbonyl (C=O) groups excluding carboxylic acids is 3. The van der Waals surface area contributed by atoms with Crippen molar-refractivity contribution < 1.29 is 19.1 Å². The third-order valence-corrected chi connectivity index (χ3v) is 3.53. The molecule has 3 amide bonds. The van der Waals surface area contributed by atoms with Crippen molar-refractivity contribution in [3.05, 3.63) is 23.8 Å². The normalized spacial score (nSPS) is 20.4. The summed E-state index contributed by atoms with van der Waals surface area (Å²) in [4.78, 5) is 37.1. The summed E-state index contributed by atoms with van der Waals surface area (Å²) < 4.78 is 5.65. The first kappa shape index (κ1) is 17.9. The Morgan fingerprint density at radius 1 is 0.958 bits per heavy atom. The maximum Gasteiger partial charge on any atom is 0.254 e. The summed E-state index contributed by atoms with van der Waals surface area (Å²) in [5.74, 6) is -0.653. The second-order valence-corrected chi connectivity index (χ2v) is 6.13. The standard InChI is InChI=1S/C17H23N3O4/c1-10-8-20(9-11(2)24-10)17(23)14-5-15(18-12(3)21)7-16(6-14)19-13(4)22/h5-7,10-11H,8-9H2,1-4H3,(H,18,21)(H,19,22). The lowest BCUT2D eigenvalue weighted by Crippen LogP contribution is -2.48. The van der Waals surface area contributed by atoms with Crippen LogP contribution in [0.3, 0.4) is 0 Å². The predicted octanol–water partition coefficient (Wildman–Crippen LogP) is 1.85. The van der Waals surface area contributed by atoms with Crippen LogP contribution in [0.2, 0.25) is 0 Å². The predicted molar refractivity (Wildman–Crippen MR) is 91.0 cm³/mol. The van der Waals surface area contributed by atoms with Gasteiger partial charge in [-0.05, 0) is 32.0 Å². The van der Waals surface area contributed by atoms with Gasteiger partial charge in [0.15, 0.2) is 0 Å². The molecule has 1 aliphatic rings. The van der Waals surface area contributed by atoms with E-state index in [1.54, 1.807) is 23.1 Å². The number of nitrogens with one attached hydrogen (secondary N) is 2. The number of rotatable bonds is 3. The maximum atomic E-state index is 12.8. The van der Waals surface area contributed by atoms with E-state index in [0.717, 1.165) is 0 Å². The zero-order valence-corrected chi connectivity index (χ0v) is 14.4. The van der Waals surface area contributed by atoms with Crippen molar-refractivity contribution in [1.29, 1.82) is 0 Å². The Labute approximate surface area is 141 Å². The lowest BCUT2D eigenvalue weighted by Gasteiger charge is -2.35. The van der Waals surface area contributed by atoms with Gasteiger partial charge in [-0.1, -0.05) is 0 Å². The summed E-state index contributed by atoms with van der Waals surface area (Å²) in [6, 6.07) is 4.84. The molecule has 1 fully saturated rings. The fraction of sp³-hybridized carbons (Fsp3) is 0.471. The number of carbonyl (C=O) groups is 3. The molecule has 2 unspecified atom stereocenters. The Hall–Kier alpha value is -2.41. The van der Waals surface area contributed by atoms with E-state index >= 15 is 0 Å². The molecule has 0 saturated carbocycles. The van der Waals surface area contributed by atoms with Gasteiger partial charge < -0.3 is 20.3 Å². The molecule has 130 valence electrons. The Kier molecular flexibility index (Phi) is 5.56. The fourth-order valence-electron chi connectivity index (χ4n) is 2.83. The molecule has 2 atom stereocenters. The van der Waals surface area contributed by atoms with Crippen LogP contribution in [-0.4, -0.2) is 47.9 Å². The number of nitrogens with zero attached hydrogens (tertiary/aromatic N) is 1. The van der Waals surface area contributed by atoms with Crippen LogP contribution < -0.4 is 10.6 Å². The molecule has 1 aliphatic heterocycles. The molecule has 7 heteroatoms. The first-order valence-electron chi connectivity index (χ1n) is 7.89. The van der Waals surface area contributed by atoms with Crippen LogP contribution in [0.25, 0.3) is 0 Å². The maximum absolute atomic E-state index is 12.8. The molecule has 1 heterocycles. The van der Waals surface area contributed by atoms with Gasteiger partial charge in [0, 0.05) is 43.9 Å². The smallest absolute Gasteiger partial charge is 0.254 e. The summed E-state index contributed by atoms with van der Waals surface area (Å²) >= 11 is 0. The molecule has 0 radical (unpaired) electrons. The molecule has 24 heavy (non-hydrogen) atoms. The van der Waals surface area contributed by atoms with E-state index in [1.165, 1.54) is 13.8 Å². The minimum absolute atomic E-state index is 0.0361. The van der Waals surface area contributed by atoms with Crippen molar-refractivity contribution in [3.63, 3.8) is 0 Å². The highest BCUT2D eigenvalue weighted by molar-refractivity contribution is 6.00. The quantitative estimate of drug-likeness (QED) is 0.884. The van der Waals surface area contributed by atoms with E-state index in [0.29, 0.717) is 30.0 Å². The lowest BCUT2D eigenvalue weighted by atomic mass is 10.1. The highest BCUT2D eigenvalue weighted by Crippen LogP contribution is 2.22. The van der Waals surface area contributed by atoms with Crippen molar-refractivity contribution in [2.75, 3.05) is 23.7 Å². The Morgan fingerprint density at radius 2 is 1.42 bits per heavy atom. The zero-order valence-electron chi connectivity index (χ0n) is 14.4. The highest BCUT2D eigenvalue weighted by atomic mass is 16.5. The van der Waals surface area contributed by atoms with Crippen molar-refractivity contribution in [1.82, 2.24) is 4.90 Å². The Bertz CT molecular complexity index is 615. The third kappa shape index (κ3) is 4.79. The second kappa shape index (κ2) is 7.44. The molecule has 0 bridgehead atoms. The number of anilines is 2.